The third-order valence-electron chi connectivity index (χ3n) is 3.68. The second-order valence-corrected chi connectivity index (χ2v) is 20.4. The first kappa shape index (κ1) is 23.6. The molecule has 0 saturated heterocycles. The summed E-state index contributed by atoms with van der Waals surface area (Å²) in [7, 11) is 0.382. The van der Waals surface area contributed by atoms with Crippen LogP contribution in [-0.4, -0.2) is 77.6 Å². The summed E-state index contributed by atoms with van der Waals surface area (Å²) in [6, 6.07) is 0.744. The Bertz CT molecular complexity index is 295. The lowest BCUT2D eigenvalue weighted by Crippen LogP contribution is -2.63. The van der Waals surface area contributed by atoms with E-state index in [1.165, 1.54) is 0 Å². The molecule has 0 amide bonds. The summed E-state index contributed by atoms with van der Waals surface area (Å²) in [4.78, 5) is 0. The van der Waals surface area contributed by atoms with Crippen molar-refractivity contribution < 1.29 is 30.7 Å². The zero-order valence-electron chi connectivity index (χ0n) is 16.2. The summed E-state index contributed by atoms with van der Waals surface area (Å²) in [5.74, 6) is 0. The quantitative estimate of drug-likeness (QED) is 0.462. The predicted molar refractivity (Wildman–Crippen MR) is 99.6 cm³/mol. The molecule has 0 aromatic rings. The Morgan fingerprint density at radius 1 is 0.696 bits per heavy atom. The van der Waals surface area contributed by atoms with Crippen molar-refractivity contribution >= 4 is 35.0 Å². The van der Waals surface area contributed by atoms with E-state index >= 15 is 0 Å². The molecule has 1 unspecified atom stereocenters. The average Bonchev–Trinajstić information content (AvgIpc) is 2.49. The van der Waals surface area contributed by atoms with Crippen LogP contribution in [0.1, 0.15) is 0 Å². The van der Waals surface area contributed by atoms with Crippen molar-refractivity contribution in [1.29, 1.82) is 0 Å². The maximum atomic E-state index is 6.31. The molecule has 0 bridgehead atoms. The van der Waals surface area contributed by atoms with E-state index in [9.17, 15) is 0 Å². The van der Waals surface area contributed by atoms with Crippen molar-refractivity contribution in [3.63, 3.8) is 0 Å². The highest BCUT2D eigenvalue weighted by molar-refractivity contribution is 6.85. The van der Waals surface area contributed by atoms with Gasteiger partial charge in [0.25, 0.3) is 0 Å². The monoisotopic (exact) mass is 402 g/mol. The van der Waals surface area contributed by atoms with E-state index < -0.39 is 35.0 Å². The fourth-order valence-electron chi connectivity index (χ4n) is 2.84. The van der Waals surface area contributed by atoms with Gasteiger partial charge in [0.05, 0.1) is 5.16 Å². The molecular formula is C12H34O7Si4. The minimum atomic E-state index is -3.03. The topological polar surface area (TPSA) is 64.6 Å². The van der Waals surface area contributed by atoms with E-state index in [0.29, 0.717) is 0 Å². The van der Waals surface area contributed by atoms with Gasteiger partial charge in [-0.05, 0) is 32.2 Å². The third kappa shape index (κ3) is 6.11. The maximum Gasteiger partial charge on any atom is 0.507 e. The highest BCUT2D eigenvalue weighted by Gasteiger charge is 2.64. The fraction of sp³-hybridized carbons (Fsp3) is 1.00. The van der Waals surface area contributed by atoms with E-state index in [1.54, 1.807) is 42.7 Å². The van der Waals surface area contributed by atoms with Crippen LogP contribution in [0.4, 0.5) is 0 Å². The molecule has 0 aliphatic carbocycles. The standard InChI is InChI=1S/C12H34O7Si4/c1-13-22(14-2,15-3)12(23(16-4,17-5)18-6)11-20(7)19-21(8,9)10/h12,20H,11H2,1-10H3. The van der Waals surface area contributed by atoms with Crippen LogP contribution in [0.5, 0.6) is 0 Å². The van der Waals surface area contributed by atoms with Crippen molar-refractivity contribution in [2.75, 3.05) is 42.7 Å². The van der Waals surface area contributed by atoms with Gasteiger partial charge in [0.15, 0.2) is 17.4 Å². The third-order valence-corrected chi connectivity index (χ3v) is 17.9. The molecule has 0 aliphatic heterocycles. The van der Waals surface area contributed by atoms with Gasteiger partial charge >= 0.3 is 17.6 Å². The van der Waals surface area contributed by atoms with Crippen LogP contribution in [0.15, 0.2) is 0 Å². The van der Waals surface area contributed by atoms with Crippen LogP contribution < -0.4 is 0 Å². The van der Waals surface area contributed by atoms with Crippen LogP contribution in [0, 0.1) is 0 Å². The van der Waals surface area contributed by atoms with Crippen molar-refractivity contribution in [2.24, 2.45) is 0 Å². The molecule has 1 atom stereocenters. The minimum absolute atomic E-state index is 0.229. The molecule has 0 fully saturated rings. The Hall–Kier alpha value is 0.588. The van der Waals surface area contributed by atoms with Gasteiger partial charge in [0.2, 0.25) is 0 Å². The molecule has 0 aliphatic rings. The van der Waals surface area contributed by atoms with Gasteiger partial charge in [-0.3, -0.25) is 0 Å². The Balaban J connectivity index is 5.71. The van der Waals surface area contributed by atoms with Crippen LogP contribution in [0.2, 0.25) is 37.4 Å². The van der Waals surface area contributed by atoms with Crippen LogP contribution in [-0.2, 0) is 30.7 Å². The largest absolute Gasteiger partial charge is 0.507 e. The molecule has 11 heteroatoms. The van der Waals surface area contributed by atoms with E-state index in [0.717, 1.165) is 6.04 Å². The van der Waals surface area contributed by atoms with Gasteiger partial charge in [0, 0.05) is 42.7 Å². The normalized spacial score (nSPS) is 15.3. The lowest BCUT2D eigenvalue weighted by Gasteiger charge is -2.41. The summed E-state index contributed by atoms with van der Waals surface area (Å²) < 4.78 is 40.6. The van der Waals surface area contributed by atoms with Gasteiger partial charge in [-0.25, -0.2) is 0 Å². The molecule has 0 spiro atoms. The smallest absolute Gasteiger partial charge is 0.458 e. The van der Waals surface area contributed by atoms with Gasteiger partial charge < -0.3 is 30.7 Å². The van der Waals surface area contributed by atoms with Gasteiger partial charge in [-0.1, -0.05) is 0 Å². The fourth-order valence-corrected chi connectivity index (χ4v) is 19.6. The van der Waals surface area contributed by atoms with E-state index in [-0.39, 0.29) is 5.16 Å². The summed E-state index contributed by atoms with van der Waals surface area (Å²) in [5.41, 5.74) is 0. The first-order chi connectivity index (χ1) is 10.6. The molecule has 23 heavy (non-hydrogen) atoms. The number of rotatable bonds is 12. The summed E-state index contributed by atoms with van der Waals surface area (Å²) in [5, 5.41) is -0.229. The first-order valence-corrected chi connectivity index (χ1v) is 17.0. The van der Waals surface area contributed by atoms with Crippen molar-refractivity contribution in [2.45, 2.75) is 37.4 Å². The summed E-state index contributed by atoms with van der Waals surface area (Å²) >= 11 is 0. The molecule has 0 radical (unpaired) electrons. The Labute approximate surface area is 146 Å². The second-order valence-electron chi connectivity index (χ2n) is 6.26. The van der Waals surface area contributed by atoms with E-state index in [2.05, 4.69) is 26.2 Å². The van der Waals surface area contributed by atoms with Crippen molar-refractivity contribution in [3.8, 4) is 0 Å². The van der Waals surface area contributed by atoms with Gasteiger partial charge in [-0.15, -0.1) is 0 Å². The SMILES string of the molecule is CO[Si](OC)(OC)C(C[SiH](C)O[Si](C)(C)C)[Si](OC)(OC)OC. The Kier molecular flexibility index (Phi) is 10.2. The van der Waals surface area contributed by atoms with Crippen LogP contribution in [0.3, 0.4) is 0 Å². The zero-order chi connectivity index (χ0) is 18.3. The molecule has 0 heterocycles. The highest BCUT2D eigenvalue weighted by atomic mass is 28.5. The Morgan fingerprint density at radius 2 is 1.00 bits per heavy atom. The molecule has 0 aromatic heterocycles. The molecule has 0 aromatic carbocycles. The first-order valence-electron chi connectivity index (χ1n) is 7.59. The lowest BCUT2D eigenvalue weighted by atomic mass is 10.9. The van der Waals surface area contributed by atoms with E-state index in [4.69, 9.17) is 30.7 Å². The minimum Gasteiger partial charge on any atom is -0.458 e. The lowest BCUT2D eigenvalue weighted by molar-refractivity contribution is 0.0822. The highest BCUT2D eigenvalue weighted by Crippen LogP contribution is 2.39. The molecule has 140 valence electrons. The molecule has 7 nitrogen and oxygen atoms in total. The van der Waals surface area contributed by atoms with Crippen LogP contribution >= 0.6 is 0 Å². The predicted octanol–water partition coefficient (Wildman–Crippen LogP) is 1.86. The summed E-state index contributed by atoms with van der Waals surface area (Å²) in [6.07, 6.45) is 0. The maximum absolute atomic E-state index is 6.31. The van der Waals surface area contributed by atoms with Crippen molar-refractivity contribution in [3.05, 3.63) is 0 Å². The van der Waals surface area contributed by atoms with Gasteiger partial charge in [-0.2, -0.15) is 0 Å². The van der Waals surface area contributed by atoms with E-state index in [1.807, 2.05) is 0 Å². The molecule has 0 N–H and O–H groups in total. The number of hydrogen-bond acceptors (Lipinski definition) is 7. The Morgan fingerprint density at radius 3 is 1.22 bits per heavy atom. The van der Waals surface area contributed by atoms with Crippen LogP contribution in [0.25, 0.3) is 0 Å². The number of hydrogen-bond donors (Lipinski definition) is 0. The second kappa shape index (κ2) is 9.91. The zero-order valence-corrected chi connectivity index (χ0v) is 20.4. The van der Waals surface area contributed by atoms with Gasteiger partial charge in [0.1, 0.15) is 0 Å². The summed E-state index contributed by atoms with van der Waals surface area (Å²) in [6.45, 7) is 8.73. The average molecular weight is 403 g/mol. The molecule has 0 saturated carbocycles. The molecular weight excluding hydrogens is 368 g/mol. The van der Waals surface area contributed by atoms with Crippen molar-refractivity contribution in [1.82, 2.24) is 0 Å². The molecule has 0 rings (SSSR count).